The average molecular weight is 321 g/mol. The van der Waals surface area contributed by atoms with Crippen molar-refractivity contribution >= 4 is 11.9 Å². The summed E-state index contributed by atoms with van der Waals surface area (Å²) in [4.78, 5) is 23.6. The van der Waals surface area contributed by atoms with Crippen molar-refractivity contribution in [1.82, 2.24) is 5.32 Å². The standard InChI is InChI=1S/C18H27NO4/c1-11(2)15(16(20)21)19-17(22)18(5,6)10-23-14-8-7-12(3)13(4)9-14/h7-9,11,15H,10H2,1-6H3,(H,19,22)(H,20,21). The Kier molecular flexibility index (Phi) is 6.19. The number of carboxylic acid groups (broad SMARTS) is 1. The fourth-order valence-corrected chi connectivity index (χ4v) is 1.98. The van der Waals surface area contributed by atoms with Crippen molar-refractivity contribution < 1.29 is 19.4 Å². The molecule has 0 saturated carbocycles. The minimum atomic E-state index is -1.03. The normalized spacial score (nSPS) is 12.8. The number of carboxylic acids is 1. The first kappa shape index (κ1) is 19.0. The smallest absolute Gasteiger partial charge is 0.326 e. The van der Waals surface area contributed by atoms with Gasteiger partial charge in [-0.15, -0.1) is 0 Å². The Bertz CT molecular complexity index is 578. The maximum atomic E-state index is 12.4. The average Bonchev–Trinajstić information content (AvgIpc) is 2.45. The number of aliphatic carboxylic acids is 1. The molecule has 1 atom stereocenters. The number of hydrogen-bond acceptors (Lipinski definition) is 3. The Morgan fingerprint density at radius 3 is 2.30 bits per heavy atom. The van der Waals surface area contributed by atoms with Crippen molar-refractivity contribution in [3.8, 4) is 5.75 Å². The minimum Gasteiger partial charge on any atom is -0.492 e. The van der Waals surface area contributed by atoms with E-state index in [-0.39, 0.29) is 18.4 Å². The molecule has 0 radical (unpaired) electrons. The lowest BCUT2D eigenvalue weighted by Gasteiger charge is -2.27. The van der Waals surface area contributed by atoms with E-state index in [2.05, 4.69) is 5.32 Å². The monoisotopic (exact) mass is 321 g/mol. The second-order valence-corrected chi connectivity index (χ2v) is 6.95. The number of amides is 1. The highest BCUT2D eigenvalue weighted by molar-refractivity contribution is 5.87. The lowest BCUT2D eigenvalue weighted by Crippen LogP contribution is -2.50. The zero-order valence-electron chi connectivity index (χ0n) is 14.8. The third-order valence-electron chi connectivity index (χ3n) is 3.91. The molecular weight excluding hydrogens is 294 g/mol. The molecule has 0 spiro atoms. The summed E-state index contributed by atoms with van der Waals surface area (Å²) in [6.07, 6.45) is 0. The molecule has 0 bridgehead atoms. The van der Waals surface area contributed by atoms with Crippen LogP contribution in [-0.2, 0) is 9.59 Å². The molecule has 0 heterocycles. The summed E-state index contributed by atoms with van der Waals surface area (Å²) >= 11 is 0. The fraction of sp³-hybridized carbons (Fsp3) is 0.556. The van der Waals surface area contributed by atoms with Crippen LogP contribution in [0.2, 0.25) is 0 Å². The molecule has 128 valence electrons. The molecule has 1 aromatic carbocycles. The van der Waals surface area contributed by atoms with Gasteiger partial charge in [0.2, 0.25) is 5.91 Å². The van der Waals surface area contributed by atoms with Crippen LogP contribution in [0.5, 0.6) is 5.75 Å². The summed E-state index contributed by atoms with van der Waals surface area (Å²) in [6, 6.07) is 4.86. The number of carbonyl (C=O) groups excluding carboxylic acids is 1. The van der Waals surface area contributed by atoms with Gasteiger partial charge in [0, 0.05) is 0 Å². The molecule has 23 heavy (non-hydrogen) atoms. The van der Waals surface area contributed by atoms with Crippen LogP contribution in [0.15, 0.2) is 18.2 Å². The van der Waals surface area contributed by atoms with Gasteiger partial charge in [-0.25, -0.2) is 4.79 Å². The molecule has 2 N–H and O–H groups in total. The van der Waals surface area contributed by atoms with E-state index in [1.165, 1.54) is 5.56 Å². The van der Waals surface area contributed by atoms with Crippen LogP contribution in [0.25, 0.3) is 0 Å². The van der Waals surface area contributed by atoms with Crippen molar-refractivity contribution in [2.24, 2.45) is 11.3 Å². The number of ether oxygens (including phenoxy) is 1. The van der Waals surface area contributed by atoms with Gasteiger partial charge in [-0.1, -0.05) is 19.9 Å². The van der Waals surface area contributed by atoms with Crippen molar-refractivity contribution in [3.05, 3.63) is 29.3 Å². The van der Waals surface area contributed by atoms with Crippen molar-refractivity contribution in [3.63, 3.8) is 0 Å². The first-order valence-corrected chi connectivity index (χ1v) is 7.78. The van der Waals surface area contributed by atoms with E-state index in [0.29, 0.717) is 5.75 Å². The third kappa shape index (κ3) is 5.27. The SMILES string of the molecule is Cc1ccc(OCC(C)(C)C(=O)NC(C(=O)O)C(C)C)cc1C. The van der Waals surface area contributed by atoms with Crippen LogP contribution < -0.4 is 10.1 Å². The highest BCUT2D eigenvalue weighted by Crippen LogP contribution is 2.22. The molecule has 1 amide bonds. The number of rotatable bonds is 7. The van der Waals surface area contributed by atoms with Gasteiger partial charge in [-0.3, -0.25) is 4.79 Å². The van der Waals surface area contributed by atoms with E-state index in [9.17, 15) is 14.7 Å². The van der Waals surface area contributed by atoms with E-state index in [1.54, 1.807) is 27.7 Å². The van der Waals surface area contributed by atoms with Gasteiger partial charge >= 0.3 is 5.97 Å². The second kappa shape index (κ2) is 7.49. The van der Waals surface area contributed by atoms with Gasteiger partial charge in [0.25, 0.3) is 0 Å². The second-order valence-electron chi connectivity index (χ2n) is 6.95. The van der Waals surface area contributed by atoms with E-state index >= 15 is 0 Å². The molecule has 0 aromatic heterocycles. The van der Waals surface area contributed by atoms with Gasteiger partial charge in [-0.05, 0) is 56.9 Å². The van der Waals surface area contributed by atoms with Gasteiger partial charge in [0.15, 0.2) is 0 Å². The lowest BCUT2D eigenvalue weighted by molar-refractivity contribution is -0.145. The lowest BCUT2D eigenvalue weighted by atomic mass is 9.92. The number of benzene rings is 1. The van der Waals surface area contributed by atoms with Crippen LogP contribution in [0.1, 0.15) is 38.8 Å². The molecule has 0 saturated heterocycles. The van der Waals surface area contributed by atoms with E-state index in [1.807, 2.05) is 32.0 Å². The van der Waals surface area contributed by atoms with Crippen molar-refractivity contribution in [2.45, 2.75) is 47.6 Å². The molecule has 0 fully saturated rings. The largest absolute Gasteiger partial charge is 0.492 e. The molecule has 1 rings (SSSR count). The highest BCUT2D eigenvalue weighted by atomic mass is 16.5. The third-order valence-corrected chi connectivity index (χ3v) is 3.91. The molecular formula is C18H27NO4. The Hall–Kier alpha value is -2.04. The molecule has 5 heteroatoms. The van der Waals surface area contributed by atoms with E-state index in [4.69, 9.17) is 4.74 Å². The molecule has 5 nitrogen and oxygen atoms in total. The fourth-order valence-electron chi connectivity index (χ4n) is 1.98. The molecule has 0 aliphatic heterocycles. The summed E-state index contributed by atoms with van der Waals surface area (Å²) in [6.45, 7) is 11.2. The summed E-state index contributed by atoms with van der Waals surface area (Å²) < 4.78 is 5.72. The number of aryl methyl sites for hydroxylation is 2. The number of hydrogen-bond donors (Lipinski definition) is 2. The summed E-state index contributed by atoms with van der Waals surface area (Å²) in [7, 11) is 0. The maximum absolute atomic E-state index is 12.4. The Morgan fingerprint density at radius 2 is 1.83 bits per heavy atom. The highest BCUT2D eigenvalue weighted by Gasteiger charge is 2.33. The zero-order chi connectivity index (χ0) is 17.8. The number of nitrogens with one attached hydrogen (secondary N) is 1. The minimum absolute atomic E-state index is 0.172. The zero-order valence-corrected chi connectivity index (χ0v) is 14.8. The van der Waals surface area contributed by atoms with Gasteiger partial charge in [0.1, 0.15) is 18.4 Å². The van der Waals surface area contributed by atoms with E-state index < -0.39 is 17.4 Å². The van der Waals surface area contributed by atoms with Crippen LogP contribution in [0.4, 0.5) is 0 Å². The van der Waals surface area contributed by atoms with Crippen molar-refractivity contribution in [2.75, 3.05) is 6.61 Å². The molecule has 1 unspecified atom stereocenters. The Morgan fingerprint density at radius 1 is 1.22 bits per heavy atom. The van der Waals surface area contributed by atoms with Crippen LogP contribution in [-0.4, -0.2) is 29.6 Å². The summed E-state index contributed by atoms with van der Waals surface area (Å²) in [5, 5.41) is 11.8. The predicted molar refractivity (Wildman–Crippen MR) is 89.6 cm³/mol. The first-order valence-electron chi connectivity index (χ1n) is 7.78. The van der Waals surface area contributed by atoms with Crippen LogP contribution in [0, 0.1) is 25.2 Å². The topological polar surface area (TPSA) is 75.6 Å². The van der Waals surface area contributed by atoms with E-state index in [0.717, 1.165) is 5.56 Å². The summed E-state index contributed by atoms with van der Waals surface area (Å²) in [5.74, 6) is -0.845. The maximum Gasteiger partial charge on any atom is 0.326 e. The Balaban J connectivity index is 2.71. The van der Waals surface area contributed by atoms with Crippen LogP contribution >= 0.6 is 0 Å². The molecule has 0 aliphatic carbocycles. The van der Waals surface area contributed by atoms with Gasteiger partial charge < -0.3 is 15.2 Å². The predicted octanol–water partition coefficient (Wildman–Crippen LogP) is 2.93. The van der Waals surface area contributed by atoms with Gasteiger partial charge in [0.05, 0.1) is 5.41 Å². The molecule has 1 aromatic rings. The Labute approximate surface area is 138 Å². The van der Waals surface area contributed by atoms with Gasteiger partial charge in [-0.2, -0.15) is 0 Å². The first-order chi connectivity index (χ1) is 10.5. The summed E-state index contributed by atoms with van der Waals surface area (Å²) in [5.41, 5.74) is 1.47. The number of carbonyl (C=O) groups is 2. The molecule has 0 aliphatic rings. The quantitative estimate of drug-likeness (QED) is 0.809. The van der Waals surface area contributed by atoms with Crippen LogP contribution in [0.3, 0.4) is 0 Å². The van der Waals surface area contributed by atoms with Crippen molar-refractivity contribution in [1.29, 1.82) is 0 Å².